The number of nitrogens with two attached hydrogens (primary N) is 1. The summed E-state index contributed by atoms with van der Waals surface area (Å²) in [6.07, 6.45) is 3.77. The Labute approximate surface area is 176 Å². The minimum Gasteiger partial charge on any atom is -0.497 e. The van der Waals surface area contributed by atoms with E-state index in [-0.39, 0.29) is 25.3 Å². The molecule has 0 radical (unpaired) electrons. The Balaban J connectivity index is 0.00000341. The van der Waals surface area contributed by atoms with Crippen molar-refractivity contribution in [1.29, 1.82) is 5.41 Å². The Morgan fingerprint density at radius 2 is 2.00 bits per heavy atom. The zero-order chi connectivity index (χ0) is 21.7. The minimum atomic E-state index is -0.676. The fourth-order valence-corrected chi connectivity index (χ4v) is 3.23. The van der Waals surface area contributed by atoms with E-state index in [1.165, 1.54) is 6.08 Å². The average molecular weight is 414 g/mol. The van der Waals surface area contributed by atoms with Gasteiger partial charge in [-0.1, -0.05) is 12.1 Å². The number of methoxy groups -OCH3 is 1. The lowest BCUT2D eigenvalue weighted by Gasteiger charge is -2.35. The van der Waals surface area contributed by atoms with Crippen LogP contribution in [0.5, 0.6) is 5.75 Å². The van der Waals surface area contributed by atoms with Crippen molar-refractivity contribution in [3.63, 3.8) is 0 Å². The molecule has 0 spiro atoms. The van der Waals surface area contributed by atoms with Crippen molar-refractivity contribution in [1.82, 2.24) is 9.97 Å². The number of rotatable bonds is 6. The molecule has 1 aromatic carbocycles. The number of anilines is 1. The van der Waals surface area contributed by atoms with Crippen LogP contribution in [0.1, 0.15) is 20.8 Å². The molecule has 1 aliphatic heterocycles. The number of hydrogen-bond acceptors (Lipinski definition) is 7. The molecule has 0 aliphatic carbocycles. The summed E-state index contributed by atoms with van der Waals surface area (Å²) in [6.45, 7) is 5.13. The van der Waals surface area contributed by atoms with Gasteiger partial charge in [0.1, 0.15) is 11.6 Å². The molecular weight excluding hydrogens is 387 g/mol. The molecule has 2 atom stereocenters. The Hall–Kier alpha value is -3.33. The first-order valence-corrected chi connectivity index (χ1v) is 9.53. The number of nitrogens with one attached hydrogen (secondary N) is 1. The van der Waals surface area contributed by atoms with Gasteiger partial charge in [0, 0.05) is 26.3 Å². The number of allylic oxidation sites excluding steroid dienone is 1. The zero-order valence-corrected chi connectivity index (χ0v) is 17.2. The molecule has 2 heterocycles. The van der Waals surface area contributed by atoms with Gasteiger partial charge in [0.2, 0.25) is 5.95 Å². The fourth-order valence-electron chi connectivity index (χ4n) is 3.23. The Kier molecular flexibility index (Phi) is 6.73. The highest BCUT2D eigenvalue weighted by molar-refractivity contribution is 6.15. The summed E-state index contributed by atoms with van der Waals surface area (Å²) in [6, 6.07) is 7.15. The number of aromatic nitrogens is 2. The molecule has 1 aromatic heterocycles. The maximum atomic E-state index is 14.3. The molecule has 8 nitrogen and oxygen atoms in total. The van der Waals surface area contributed by atoms with E-state index in [0.29, 0.717) is 30.4 Å². The number of benzene rings is 1. The van der Waals surface area contributed by atoms with Gasteiger partial charge in [-0.15, -0.1) is 0 Å². The molecule has 0 unspecified atom stereocenters. The molecule has 30 heavy (non-hydrogen) atoms. The van der Waals surface area contributed by atoms with E-state index >= 15 is 0 Å². The van der Waals surface area contributed by atoms with Crippen LogP contribution in [-0.4, -0.2) is 54.4 Å². The smallest absolute Gasteiger partial charge is 0.227 e. The summed E-state index contributed by atoms with van der Waals surface area (Å²) in [5.41, 5.74) is 7.27. The molecule has 1 saturated heterocycles. The molecule has 0 bridgehead atoms. The van der Waals surface area contributed by atoms with Crippen molar-refractivity contribution >= 4 is 29.4 Å². The van der Waals surface area contributed by atoms with E-state index in [9.17, 15) is 4.39 Å². The van der Waals surface area contributed by atoms with Crippen molar-refractivity contribution in [2.75, 3.05) is 25.1 Å². The summed E-state index contributed by atoms with van der Waals surface area (Å²) >= 11 is 0. The highest BCUT2D eigenvalue weighted by Gasteiger charge is 2.24. The molecule has 0 saturated carbocycles. The van der Waals surface area contributed by atoms with Crippen LogP contribution in [0.2, 0.25) is 0 Å². The van der Waals surface area contributed by atoms with Gasteiger partial charge in [0.25, 0.3) is 0 Å². The van der Waals surface area contributed by atoms with Gasteiger partial charge in [-0.05, 0) is 37.6 Å². The number of morpholine rings is 1. The number of nitrogens with zero attached hydrogens (tertiary/aromatic N) is 4. The van der Waals surface area contributed by atoms with Crippen LogP contribution >= 0.6 is 0 Å². The van der Waals surface area contributed by atoms with Crippen molar-refractivity contribution in [2.45, 2.75) is 26.1 Å². The maximum Gasteiger partial charge on any atom is 0.227 e. The van der Waals surface area contributed by atoms with E-state index < -0.39 is 5.82 Å². The molecule has 1 fully saturated rings. The van der Waals surface area contributed by atoms with E-state index in [1.807, 2.05) is 18.7 Å². The monoisotopic (exact) mass is 414 g/mol. The van der Waals surface area contributed by atoms with Gasteiger partial charge in [0.05, 0.1) is 25.5 Å². The highest BCUT2D eigenvalue weighted by Crippen LogP contribution is 2.22. The third-order valence-electron chi connectivity index (χ3n) is 4.53. The second-order valence-electron chi connectivity index (χ2n) is 7.01. The molecule has 1 aliphatic rings. The number of hydrogen-bond donors (Lipinski definition) is 2. The van der Waals surface area contributed by atoms with Crippen LogP contribution in [-0.2, 0) is 4.74 Å². The van der Waals surface area contributed by atoms with Gasteiger partial charge in [-0.3, -0.25) is 0 Å². The van der Waals surface area contributed by atoms with Gasteiger partial charge in [-0.25, -0.2) is 14.4 Å². The van der Waals surface area contributed by atoms with Crippen LogP contribution in [0.25, 0.3) is 5.57 Å². The topological polar surface area (TPSA) is 110 Å². The molecule has 3 N–H and O–H groups in total. The predicted molar refractivity (Wildman–Crippen MR) is 117 cm³/mol. The predicted octanol–water partition coefficient (Wildman–Crippen LogP) is 3.21. The lowest BCUT2D eigenvalue weighted by molar-refractivity contribution is -0.00572. The number of ether oxygens (including phenoxy) is 2. The molecule has 3 rings (SSSR count). The summed E-state index contributed by atoms with van der Waals surface area (Å²) in [5, 5.41) is 7.66. The second-order valence-corrected chi connectivity index (χ2v) is 7.01. The van der Waals surface area contributed by atoms with Crippen molar-refractivity contribution in [3.8, 4) is 5.75 Å². The number of aliphatic imine (C=N–C) groups is 1. The average Bonchev–Trinajstić information content (AvgIpc) is 2.73. The van der Waals surface area contributed by atoms with Crippen LogP contribution in [0.4, 0.5) is 16.2 Å². The van der Waals surface area contributed by atoms with Crippen LogP contribution in [0.3, 0.4) is 0 Å². The van der Waals surface area contributed by atoms with Gasteiger partial charge in [0.15, 0.2) is 11.6 Å². The standard InChI is InChI=1S/C21H25FN6O2.H2/c1-13-11-28(12-14(2)30-13)21-25-10-18(22)20(27-21)26-19(24)8-16(9-23)15-4-6-17(29-3)7-5-15;/h4-10,13-14,23H,11-12H2,1-3H3,(H2,24,25,26,27);1H/b16-8+,23-9?;/t13-,14+;. The lowest BCUT2D eigenvalue weighted by Crippen LogP contribution is -2.46. The molecule has 9 heteroatoms. The Morgan fingerprint density at radius 3 is 2.60 bits per heavy atom. The summed E-state index contributed by atoms with van der Waals surface area (Å²) in [5.74, 6) is 0.268. The maximum absolute atomic E-state index is 14.3. The lowest BCUT2D eigenvalue weighted by atomic mass is 10.1. The summed E-state index contributed by atoms with van der Waals surface area (Å²) in [4.78, 5) is 14.4. The quantitative estimate of drug-likeness (QED) is 0.555. The van der Waals surface area contributed by atoms with E-state index in [2.05, 4.69) is 15.0 Å². The van der Waals surface area contributed by atoms with Gasteiger partial charge >= 0.3 is 0 Å². The number of amidine groups is 1. The fraction of sp³-hybridized carbons (Fsp3) is 0.333. The van der Waals surface area contributed by atoms with Crippen LogP contribution in [0.15, 0.2) is 41.5 Å². The highest BCUT2D eigenvalue weighted by atomic mass is 19.1. The molecule has 0 amide bonds. The zero-order valence-electron chi connectivity index (χ0n) is 17.2. The Morgan fingerprint density at radius 1 is 1.33 bits per heavy atom. The van der Waals surface area contributed by atoms with Crippen LogP contribution in [0, 0.1) is 11.2 Å². The van der Waals surface area contributed by atoms with Crippen molar-refractivity contribution in [3.05, 3.63) is 47.9 Å². The molecule has 2 aromatic rings. The third-order valence-corrected chi connectivity index (χ3v) is 4.53. The third kappa shape index (κ3) is 5.18. The minimum absolute atomic E-state index is 0. The first-order chi connectivity index (χ1) is 14.4. The first-order valence-electron chi connectivity index (χ1n) is 9.53. The van der Waals surface area contributed by atoms with Gasteiger partial charge < -0.3 is 25.5 Å². The largest absolute Gasteiger partial charge is 0.497 e. The summed E-state index contributed by atoms with van der Waals surface area (Å²) < 4.78 is 25.1. The van der Waals surface area contributed by atoms with E-state index in [1.54, 1.807) is 31.4 Å². The summed E-state index contributed by atoms with van der Waals surface area (Å²) in [7, 11) is 1.58. The van der Waals surface area contributed by atoms with Gasteiger partial charge in [-0.2, -0.15) is 4.98 Å². The van der Waals surface area contributed by atoms with Crippen LogP contribution < -0.4 is 15.4 Å². The Bertz CT molecular complexity index is 957. The normalized spacial score (nSPS) is 20.2. The van der Waals surface area contributed by atoms with Crippen molar-refractivity contribution in [2.24, 2.45) is 10.7 Å². The van der Waals surface area contributed by atoms with Crippen molar-refractivity contribution < 1.29 is 15.3 Å². The van der Waals surface area contributed by atoms with E-state index in [4.69, 9.17) is 20.6 Å². The molecule has 160 valence electrons. The van der Waals surface area contributed by atoms with E-state index in [0.717, 1.165) is 18.0 Å². The first kappa shape index (κ1) is 21.4. The molecular formula is C21H27FN6O2. The SMILES string of the molecule is COc1ccc(/C(C=N)=C/C(N)=Nc2nc(N3C[C@@H](C)O[C@@H](C)C3)ncc2F)cc1.[HH]. The second kappa shape index (κ2) is 9.45. The number of halogens is 1.